The van der Waals surface area contributed by atoms with E-state index in [2.05, 4.69) is 26.1 Å². The highest BCUT2D eigenvalue weighted by molar-refractivity contribution is 9.10. The smallest absolute Gasteiger partial charge is 0.247 e. The molecule has 3 aromatic rings. The summed E-state index contributed by atoms with van der Waals surface area (Å²) in [5.74, 6) is 1.00. The highest BCUT2D eigenvalue weighted by Gasteiger charge is 2.13. The minimum Gasteiger partial charge on any atom is -0.421 e. The molecule has 0 radical (unpaired) electrons. The van der Waals surface area contributed by atoms with Gasteiger partial charge < -0.3 is 9.32 Å². The third-order valence-electron chi connectivity index (χ3n) is 4.08. The molecule has 0 N–H and O–H groups in total. The van der Waals surface area contributed by atoms with Crippen molar-refractivity contribution in [1.82, 2.24) is 15.1 Å². The molecule has 0 aliphatic carbocycles. The lowest BCUT2D eigenvalue weighted by molar-refractivity contribution is -0.130. The fourth-order valence-corrected chi connectivity index (χ4v) is 2.79. The number of carbonyl (C=O) groups excluding carboxylic acids is 1. The number of rotatable bonds is 6. The topological polar surface area (TPSA) is 59.2 Å². The van der Waals surface area contributed by atoms with Crippen LogP contribution >= 0.6 is 15.9 Å². The van der Waals surface area contributed by atoms with E-state index in [0.29, 0.717) is 31.2 Å². The Balaban J connectivity index is 1.54. The molecule has 0 atom stereocenters. The van der Waals surface area contributed by atoms with E-state index >= 15 is 0 Å². The van der Waals surface area contributed by atoms with Crippen molar-refractivity contribution in [3.63, 3.8) is 0 Å². The predicted molar refractivity (Wildman–Crippen MR) is 103 cm³/mol. The van der Waals surface area contributed by atoms with Crippen LogP contribution in [0.3, 0.4) is 0 Å². The van der Waals surface area contributed by atoms with E-state index in [0.717, 1.165) is 15.6 Å². The molecule has 0 aliphatic rings. The Morgan fingerprint density at radius 1 is 1.08 bits per heavy atom. The van der Waals surface area contributed by atoms with Crippen LogP contribution in [-0.2, 0) is 17.8 Å². The number of amides is 1. The Kier molecular flexibility index (Phi) is 5.83. The number of aromatic nitrogens is 2. The van der Waals surface area contributed by atoms with Gasteiger partial charge >= 0.3 is 0 Å². The summed E-state index contributed by atoms with van der Waals surface area (Å²) in [6.07, 6.45) is 0.769. The lowest BCUT2D eigenvalue weighted by Gasteiger charge is -2.16. The summed E-state index contributed by atoms with van der Waals surface area (Å²) >= 11 is 3.41. The molecule has 0 fully saturated rings. The summed E-state index contributed by atoms with van der Waals surface area (Å²) in [6, 6.07) is 15.8. The maximum atomic E-state index is 12.3. The van der Waals surface area contributed by atoms with Crippen LogP contribution in [0.15, 0.2) is 57.4 Å². The lowest BCUT2D eigenvalue weighted by Crippen LogP contribution is -2.26. The number of benzene rings is 2. The van der Waals surface area contributed by atoms with E-state index in [1.165, 1.54) is 5.56 Å². The van der Waals surface area contributed by atoms with Crippen LogP contribution in [0, 0.1) is 6.92 Å². The van der Waals surface area contributed by atoms with Crippen molar-refractivity contribution in [1.29, 1.82) is 0 Å². The van der Waals surface area contributed by atoms with Crippen molar-refractivity contribution in [2.75, 3.05) is 7.05 Å². The van der Waals surface area contributed by atoms with Crippen LogP contribution < -0.4 is 0 Å². The molecule has 0 saturated heterocycles. The molecule has 0 spiro atoms. The fourth-order valence-electron chi connectivity index (χ4n) is 2.52. The van der Waals surface area contributed by atoms with Gasteiger partial charge in [0.05, 0.1) is 0 Å². The van der Waals surface area contributed by atoms with Crippen molar-refractivity contribution >= 4 is 21.8 Å². The van der Waals surface area contributed by atoms with Crippen LogP contribution in [0.1, 0.15) is 23.4 Å². The Labute approximate surface area is 161 Å². The SMILES string of the molecule is Cc1ccc(-c2nnc(CCC(=O)N(C)Cc3ccc(Br)cc3)o2)cc1. The van der Waals surface area contributed by atoms with E-state index < -0.39 is 0 Å². The Morgan fingerprint density at radius 2 is 1.77 bits per heavy atom. The maximum Gasteiger partial charge on any atom is 0.247 e. The van der Waals surface area contributed by atoms with Crippen molar-refractivity contribution in [3.05, 3.63) is 70.0 Å². The number of nitrogens with zero attached hydrogens (tertiary/aromatic N) is 3. The summed E-state index contributed by atoms with van der Waals surface area (Å²) in [7, 11) is 1.80. The van der Waals surface area contributed by atoms with Crippen molar-refractivity contribution in [2.24, 2.45) is 0 Å². The highest BCUT2D eigenvalue weighted by Crippen LogP contribution is 2.19. The molecule has 5 nitrogen and oxygen atoms in total. The first-order valence-corrected chi connectivity index (χ1v) is 9.18. The monoisotopic (exact) mass is 413 g/mol. The number of aryl methyl sites for hydroxylation is 2. The number of hydrogen-bond donors (Lipinski definition) is 0. The van der Waals surface area contributed by atoms with Crippen molar-refractivity contribution < 1.29 is 9.21 Å². The molecule has 134 valence electrons. The van der Waals surface area contributed by atoms with Crippen LogP contribution in [0.2, 0.25) is 0 Å². The molecular formula is C20H20BrN3O2. The molecule has 0 saturated carbocycles. The van der Waals surface area contributed by atoms with Gasteiger partial charge in [0.15, 0.2) is 0 Å². The van der Waals surface area contributed by atoms with E-state index in [-0.39, 0.29) is 5.91 Å². The molecular weight excluding hydrogens is 394 g/mol. The highest BCUT2D eigenvalue weighted by atomic mass is 79.9. The molecule has 0 aliphatic heterocycles. The van der Waals surface area contributed by atoms with Gasteiger partial charge in [0.1, 0.15) is 0 Å². The second-order valence-corrected chi connectivity index (χ2v) is 7.16. The van der Waals surface area contributed by atoms with Crippen LogP contribution in [0.25, 0.3) is 11.5 Å². The second kappa shape index (κ2) is 8.27. The Hall–Kier alpha value is -2.47. The van der Waals surface area contributed by atoms with Crippen LogP contribution in [0.5, 0.6) is 0 Å². The van der Waals surface area contributed by atoms with Gasteiger partial charge in [-0.25, -0.2) is 0 Å². The third-order valence-corrected chi connectivity index (χ3v) is 4.61. The molecule has 0 unspecified atom stereocenters. The second-order valence-electron chi connectivity index (χ2n) is 6.24. The van der Waals surface area contributed by atoms with Gasteiger partial charge in [-0.15, -0.1) is 10.2 Å². The number of hydrogen-bond acceptors (Lipinski definition) is 4. The van der Waals surface area contributed by atoms with Gasteiger partial charge in [0, 0.05) is 36.5 Å². The molecule has 3 rings (SSSR count). The summed E-state index contributed by atoms with van der Waals surface area (Å²) in [6.45, 7) is 2.60. The van der Waals surface area contributed by atoms with Gasteiger partial charge in [-0.05, 0) is 36.8 Å². The predicted octanol–water partition coefficient (Wildman–Crippen LogP) is 4.40. The molecule has 6 heteroatoms. The first-order valence-electron chi connectivity index (χ1n) is 8.39. The maximum absolute atomic E-state index is 12.3. The summed E-state index contributed by atoms with van der Waals surface area (Å²) in [4.78, 5) is 14.0. The number of halogens is 1. The normalized spacial score (nSPS) is 10.7. The van der Waals surface area contributed by atoms with Crippen LogP contribution in [-0.4, -0.2) is 28.1 Å². The summed E-state index contributed by atoms with van der Waals surface area (Å²) < 4.78 is 6.70. The van der Waals surface area contributed by atoms with E-state index in [1.807, 2.05) is 55.5 Å². The van der Waals surface area contributed by atoms with E-state index in [4.69, 9.17) is 4.42 Å². The van der Waals surface area contributed by atoms with E-state index in [9.17, 15) is 4.79 Å². The fraction of sp³-hybridized carbons (Fsp3) is 0.250. The quantitative estimate of drug-likeness (QED) is 0.600. The zero-order valence-electron chi connectivity index (χ0n) is 14.8. The zero-order valence-corrected chi connectivity index (χ0v) is 16.4. The van der Waals surface area contributed by atoms with Gasteiger partial charge in [-0.1, -0.05) is 45.8 Å². The average molecular weight is 414 g/mol. The Morgan fingerprint density at radius 3 is 2.46 bits per heavy atom. The Bertz CT molecular complexity index is 873. The van der Waals surface area contributed by atoms with Gasteiger partial charge in [0.25, 0.3) is 0 Å². The number of carbonyl (C=O) groups is 1. The van der Waals surface area contributed by atoms with E-state index in [1.54, 1.807) is 11.9 Å². The minimum atomic E-state index is 0.0444. The summed E-state index contributed by atoms with van der Waals surface area (Å²) in [5.41, 5.74) is 3.14. The zero-order chi connectivity index (χ0) is 18.5. The molecule has 1 amide bonds. The van der Waals surface area contributed by atoms with Crippen molar-refractivity contribution in [2.45, 2.75) is 26.3 Å². The lowest BCUT2D eigenvalue weighted by atomic mass is 10.1. The van der Waals surface area contributed by atoms with Crippen LogP contribution in [0.4, 0.5) is 0 Å². The van der Waals surface area contributed by atoms with Gasteiger partial charge in [-0.2, -0.15) is 0 Å². The van der Waals surface area contributed by atoms with Gasteiger partial charge in [-0.3, -0.25) is 4.79 Å². The van der Waals surface area contributed by atoms with Gasteiger partial charge in [0.2, 0.25) is 17.7 Å². The first-order chi connectivity index (χ1) is 12.5. The molecule has 1 aromatic heterocycles. The molecule has 1 heterocycles. The summed E-state index contributed by atoms with van der Waals surface area (Å²) in [5, 5.41) is 8.12. The van der Waals surface area contributed by atoms with Crippen molar-refractivity contribution in [3.8, 4) is 11.5 Å². The standard InChI is InChI=1S/C20H20BrN3O2/c1-14-3-7-16(8-4-14)20-23-22-18(26-20)11-12-19(25)24(2)13-15-5-9-17(21)10-6-15/h3-10H,11-13H2,1-2H3. The molecule has 2 aromatic carbocycles. The molecule has 26 heavy (non-hydrogen) atoms. The first kappa shape index (κ1) is 18.3. The molecule has 0 bridgehead atoms. The largest absolute Gasteiger partial charge is 0.421 e. The third kappa shape index (κ3) is 4.79. The average Bonchev–Trinajstić information content (AvgIpc) is 3.11. The minimum absolute atomic E-state index is 0.0444.